The van der Waals surface area contributed by atoms with Crippen LogP contribution in [-0.2, 0) is 13.5 Å². The molecule has 0 aliphatic carbocycles. The Kier molecular flexibility index (Phi) is 6.41. The van der Waals surface area contributed by atoms with Gasteiger partial charge in [-0.15, -0.1) is 0 Å². The Morgan fingerprint density at radius 3 is 2.61 bits per heavy atom. The highest BCUT2D eigenvalue weighted by molar-refractivity contribution is 5.03. The first kappa shape index (κ1) is 15.2. The van der Waals surface area contributed by atoms with Crippen molar-refractivity contribution >= 4 is 0 Å². The van der Waals surface area contributed by atoms with Crippen LogP contribution in [0.2, 0.25) is 0 Å². The van der Waals surface area contributed by atoms with E-state index in [9.17, 15) is 0 Å². The van der Waals surface area contributed by atoms with Gasteiger partial charge in [0.1, 0.15) is 0 Å². The molecule has 0 amide bonds. The molecule has 0 saturated carbocycles. The highest BCUT2D eigenvalue weighted by Crippen LogP contribution is 2.32. The molecule has 0 spiro atoms. The Hall–Kier alpha value is -0.830. The zero-order valence-electron chi connectivity index (χ0n) is 12.5. The maximum Gasteiger partial charge on any atom is 0.0630 e. The topological polar surface area (TPSA) is 29.9 Å². The summed E-state index contributed by atoms with van der Waals surface area (Å²) in [6.45, 7) is 8.93. The van der Waals surface area contributed by atoms with Gasteiger partial charge < -0.3 is 5.32 Å². The van der Waals surface area contributed by atoms with Crippen molar-refractivity contribution in [2.24, 2.45) is 12.5 Å². The molecule has 18 heavy (non-hydrogen) atoms. The van der Waals surface area contributed by atoms with Crippen LogP contribution in [0.1, 0.15) is 52.1 Å². The van der Waals surface area contributed by atoms with Crippen molar-refractivity contribution in [1.29, 1.82) is 0 Å². The van der Waals surface area contributed by atoms with Crippen LogP contribution in [0.4, 0.5) is 0 Å². The van der Waals surface area contributed by atoms with Crippen molar-refractivity contribution in [3.8, 4) is 0 Å². The van der Waals surface area contributed by atoms with Crippen LogP contribution < -0.4 is 5.32 Å². The van der Waals surface area contributed by atoms with Crippen LogP contribution in [0.3, 0.4) is 0 Å². The zero-order chi connectivity index (χ0) is 13.4. The summed E-state index contributed by atoms with van der Waals surface area (Å²) in [5.41, 5.74) is 1.61. The summed E-state index contributed by atoms with van der Waals surface area (Å²) in [6.07, 6.45) is 8.24. The van der Waals surface area contributed by atoms with Crippen LogP contribution in [-0.4, -0.2) is 22.9 Å². The lowest BCUT2D eigenvalue weighted by molar-refractivity contribution is 0.228. The Bertz CT molecular complexity index is 322. The summed E-state index contributed by atoms with van der Waals surface area (Å²) < 4.78 is 1.91. The molecule has 0 aliphatic rings. The van der Waals surface area contributed by atoms with E-state index < -0.39 is 0 Å². The van der Waals surface area contributed by atoms with Crippen LogP contribution in [0.15, 0.2) is 12.3 Å². The van der Waals surface area contributed by atoms with Crippen LogP contribution in [0, 0.1) is 5.41 Å². The average molecular weight is 251 g/mol. The predicted molar refractivity (Wildman–Crippen MR) is 77.7 cm³/mol. The molecule has 0 radical (unpaired) electrons. The van der Waals surface area contributed by atoms with E-state index in [0.717, 1.165) is 19.5 Å². The van der Waals surface area contributed by atoms with Gasteiger partial charge >= 0.3 is 0 Å². The van der Waals surface area contributed by atoms with E-state index in [-0.39, 0.29) is 0 Å². The van der Waals surface area contributed by atoms with Crippen molar-refractivity contribution in [1.82, 2.24) is 15.1 Å². The van der Waals surface area contributed by atoms with E-state index in [0.29, 0.717) is 5.41 Å². The first-order valence-corrected chi connectivity index (χ1v) is 7.35. The fourth-order valence-electron chi connectivity index (χ4n) is 2.55. The van der Waals surface area contributed by atoms with Crippen molar-refractivity contribution < 1.29 is 0 Å². The van der Waals surface area contributed by atoms with Gasteiger partial charge in [0.2, 0.25) is 0 Å². The van der Waals surface area contributed by atoms with E-state index in [4.69, 9.17) is 0 Å². The number of rotatable bonds is 9. The second-order valence-electron chi connectivity index (χ2n) is 5.39. The van der Waals surface area contributed by atoms with Gasteiger partial charge in [-0.25, -0.2) is 0 Å². The first-order valence-electron chi connectivity index (χ1n) is 7.35. The Labute approximate surface area is 112 Å². The van der Waals surface area contributed by atoms with Gasteiger partial charge in [0.15, 0.2) is 0 Å². The SMILES string of the molecule is CCCCC(CC)(CNCC)Cc1ccn(C)n1. The number of aromatic nitrogens is 2. The van der Waals surface area contributed by atoms with E-state index in [1.165, 1.54) is 31.4 Å². The second-order valence-corrected chi connectivity index (χ2v) is 5.39. The van der Waals surface area contributed by atoms with Crippen molar-refractivity contribution in [3.05, 3.63) is 18.0 Å². The first-order chi connectivity index (χ1) is 8.65. The van der Waals surface area contributed by atoms with Crippen LogP contribution in [0.5, 0.6) is 0 Å². The maximum atomic E-state index is 4.55. The minimum absolute atomic E-state index is 0.375. The minimum atomic E-state index is 0.375. The molecule has 3 nitrogen and oxygen atoms in total. The molecule has 0 bridgehead atoms. The third kappa shape index (κ3) is 4.45. The van der Waals surface area contributed by atoms with E-state index in [1.807, 2.05) is 17.9 Å². The molecule has 0 aromatic carbocycles. The standard InChI is InChI=1S/C15H29N3/c1-5-8-10-15(6-2,13-16-7-3)12-14-9-11-18(4)17-14/h9,11,16H,5-8,10,12-13H2,1-4H3. The molecule has 1 heterocycles. The molecule has 0 fully saturated rings. The number of nitrogens with one attached hydrogen (secondary N) is 1. The molecule has 0 saturated heterocycles. The van der Waals surface area contributed by atoms with Gasteiger partial charge in [-0.3, -0.25) is 4.68 Å². The molecule has 3 heteroatoms. The number of hydrogen-bond donors (Lipinski definition) is 1. The molecule has 1 aromatic heterocycles. The van der Waals surface area contributed by atoms with E-state index in [1.54, 1.807) is 0 Å². The summed E-state index contributed by atoms with van der Waals surface area (Å²) >= 11 is 0. The van der Waals surface area contributed by atoms with Gasteiger partial charge in [-0.1, -0.05) is 33.6 Å². The predicted octanol–water partition coefficient (Wildman–Crippen LogP) is 3.16. The van der Waals surface area contributed by atoms with Gasteiger partial charge in [0, 0.05) is 19.8 Å². The molecule has 1 aromatic rings. The molecule has 1 unspecified atom stereocenters. The largest absolute Gasteiger partial charge is 0.316 e. The average Bonchev–Trinajstić information content (AvgIpc) is 2.78. The van der Waals surface area contributed by atoms with Gasteiger partial charge in [0.05, 0.1) is 5.69 Å². The lowest BCUT2D eigenvalue weighted by atomic mass is 9.76. The fraction of sp³-hybridized carbons (Fsp3) is 0.800. The highest BCUT2D eigenvalue weighted by atomic mass is 15.2. The fourth-order valence-corrected chi connectivity index (χ4v) is 2.55. The second kappa shape index (κ2) is 7.57. The summed E-state index contributed by atoms with van der Waals surface area (Å²) in [7, 11) is 1.99. The number of aryl methyl sites for hydroxylation is 1. The van der Waals surface area contributed by atoms with Crippen LogP contribution >= 0.6 is 0 Å². The van der Waals surface area contributed by atoms with Crippen molar-refractivity contribution in [2.75, 3.05) is 13.1 Å². The summed E-state index contributed by atoms with van der Waals surface area (Å²) in [5, 5.41) is 8.09. The molecule has 1 N–H and O–H groups in total. The lowest BCUT2D eigenvalue weighted by Crippen LogP contribution is -2.36. The Balaban J connectivity index is 2.73. The van der Waals surface area contributed by atoms with E-state index in [2.05, 4.69) is 37.3 Å². The Morgan fingerprint density at radius 2 is 2.11 bits per heavy atom. The number of unbranched alkanes of at least 4 members (excludes halogenated alkanes) is 1. The molecule has 1 atom stereocenters. The summed E-state index contributed by atoms with van der Waals surface area (Å²) in [5.74, 6) is 0. The van der Waals surface area contributed by atoms with Gasteiger partial charge in [-0.05, 0) is 37.3 Å². The van der Waals surface area contributed by atoms with Gasteiger partial charge in [-0.2, -0.15) is 5.10 Å². The van der Waals surface area contributed by atoms with Crippen LogP contribution in [0.25, 0.3) is 0 Å². The third-order valence-corrected chi connectivity index (χ3v) is 3.89. The smallest absolute Gasteiger partial charge is 0.0630 e. The minimum Gasteiger partial charge on any atom is -0.316 e. The summed E-state index contributed by atoms with van der Waals surface area (Å²) in [6, 6.07) is 2.16. The monoisotopic (exact) mass is 251 g/mol. The molecule has 1 rings (SSSR count). The maximum absolute atomic E-state index is 4.55. The molecular weight excluding hydrogens is 222 g/mol. The molecule has 0 aliphatic heterocycles. The number of nitrogens with zero attached hydrogens (tertiary/aromatic N) is 2. The normalized spacial score (nSPS) is 14.7. The lowest BCUT2D eigenvalue weighted by Gasteiger charge is -2.32. The van der Waals surface area contributed by atoms with E-state index >= 15 is 0 Å². The highest BCUT2D eigenvalue weighted by Gasteiger charge is 2.28. The Morgan fingerprint density at radius 1 is 1.33 bits per heavy atom. The van der Waals surface area contributed by atoms with Crippen molar-refractivity contribution in [3.63, 3.8) is 0 Å². The number of hydrogen-bond acceptors (Lipinski definition) is 2. The third-order valence-electron chi connectivity index (χ3n) is 3.89. The quantitative estimate of drug-likeness (QED) is 0.730. The van der Waals surface area contributed by atoms with Crippen molar-refractivity contribution in [2.45, 2.75) is 52.9 Å². The van der Waals surface area contributed by atoms with Gasteiger partial charge in [0.25, 0.3) is 0 Å². The zero-order valence-corrected chi connectivity index (χ0v) is 12.5. The molecular formula is C15H29N3. The summed E-state index contributed by atoms with van der Waals surface area (Å²) in [4.78, 5) is 0. The molecule has 104 valence electrons.